The van der Waals surface area contributed by atoms with Gasteiger partial charge in [-0.15, -0.1) is 0 Å². The summed E-state index contributed by atoms with van der Waals surface area (Å²) in [5.41, 5.74) is 6.34. The van der Waals surface area contributed by atoms with Crippen LogP contribution in [0.3, 0.4) is 0 Å². The molecule has 0 aliphatic carbocycles. The number of rotatable bonds is 7. The molecule has 1 aromatic heterocycles. The Balaban J connectivity index is 1.75. The van der Waals surface area contributed by atoms with E-state index in [9.17, 15) is 9.18 Å². The van der Waals surface area contributed by atoms with Crippen molar-refractivity contribution in [2.45, 2.75) is 19.0 Å². The fourth-order valence-electron chi connectivity index (χ4n) is 2.48. The number of ketones is 1. The van der Waals surface area contributed by atoms with E-state index in [0.717, 1.165) is 22.8 Å². The quantitative estimate of drug-likeness (QED) is 0.479. The molecular formula is C20H20FN3O2S. The maximum atomic E-state index is 13.3. The SMILES string of the molecule is COc1ccc(Nn2c(SCC(=O)c3cccc(F)c3)nc(C)c2C)cc1. The Hall–Kier alpha value is -2.80. The molecule has 0 aliphatic heterocycles. The molecule has 0 radical (unpaired) electrons. The highest BCUT2D eigenvalue weighted by Crippen LogP contribution is 2.24. The second kappa shape index (κ2) is 8.26. The molecule has 0 unspecified atom stereocenters. The normalized spacial score (nSPS) is 10.7. The Labute approximate surface area is 161 Å². The summed E-state index contributed by atoms with van der Waals surface area (Å²) in [6.07, 6.45) is 0. The van der Waals surface area contributed by atoms with Crippen LogP contribution < -0.4 is 10.2 Å². The molecule has 0 aliphatic rings. The molecule has 0 spiro atoms. The first-order valence-electron chi connectivity index (χ1n) is 8.36. The predicted octanol–water partition coefficient (Wildman–Crippen LogP) is 4.50. The second-order valence-corrected chi connectivity index (χ2v) is 6.91. The van der Waals surface area contributed by atoms with Crippen molar-refractivity contribution in [3.8, 4) is 5.75 Å². The van der Waals surface area contributed by atoms with Gasteiger partial charge in [-0.05, 0) is 50.2 Å². The van der Waals surface area contributed by atoms with Crippen LogP contribution in [0.5, 0.6) is 5.75 Å². The van der Waals surface area contributed by atoms with Gasteiger partial charge in [0, 0.05) is 5.56 Å². The number of carbonyl (C=O) groups excluding carboxylic acids is 1. The minimum Gasteiger partial charge on any atom is -0.497 e. The number of anilines is 1. The molecule has 27 heavy (non-hydrogen) atoms. The molecule has 1 N–H and O–H groups in total. The molecule has 0 amide bonds. The van der Waals surface area contributed by atoms with Gasteiger partial charge in [0.1, 0.15) is 11.6 Å². The highest BCUT2D eigenvalue weighted by Gasteiger charge is 2.15. The van der Waals surface area contributed by atoms with Crippen LogP contribution in [0, 0.1) is 19.7 Å². The van der Waals surface area contributed by atoms with E-state index in [1.807, 2.05) is 42.8 Å². The summed E-state index contributed by atoms with van der Waals surface area (Å²) < 4.78 is 20.3. The molecule has 1 heterocycles. The summed E-state index contributed by atoms with van der Waals surface area (Å²) in [6, 6.07) is 13.3. The van der Waals surface area contributed by atoms with Crippen LogP contribution >= 0.6 is 11.8 Å². The number of aryl methyl sites for hydroxylation is 1. The van der Waals surface area contributed by atoms with Crippen LogP contribution in [0.2, 0.25) is 0 Å². The average molecular weight is 385 g/mol. The van der Waals surface area contributed by atoms with Crippen molar-refractivity contribution in [2.24, 2.45) is 0 Å². The third kappa shape index (κ3) is 4.49. The van der Waals surface area contributed by atoms with Crippen molar-refractivity contribution < 1.29 is 13.9 Å². The summed E-state index contributed by atoms with van der Waals surface area (Å²) in [6.45, 7) is 3.87. The number of benzene rings is 2. The summed E-state index contributed by atoms with van der Waals surface area (Å²) in [5, 5.41) is 0.672. The molecule has 0 fully saturated rings. The van der Waals surface area contributed by atoms with E-state index < -0.39 is 5.82 Å². The minimum absolute atomic E-state index is 0.145. The fraction of sp³-hybridized carbons (Fsp3) is 0.200. The Kier molecular flexibility index (Phi) is 5.81. The topological polar surface area (TPSA) is 56.1 Å². The first-order chi connectivity index (χ1) is 13.0. The molecule has 0 saturated carbocycles. The lowest BCUT2D eigenvalue weighted by molar-refractivity contribution is 0.102. The molecule has 7 heteroatoms. The number of hydrogen-bond donors (Lipinski definition) is 1. The van der Waals surface area contributed by atoms with Crippen LogP contribution in [-0.4, -0.2) is 28.3 Å². The molecule has 0 bridgehead atoms. The van der Waals surface area contributed by atoms with Crippen molar-refractivity contribution in [3.63, 3.8) is 0 Å². The average Bonchev–Trinajstić information content (AvgIpc) is 2.94. The van der Waals surface area contributed by atoms with Gasteiger partial charge < -0.3 is 4.74 Å². The number of Topliss-reactive ketones (excluding diaryl/α,β-unsaturated/α-hetero) is 1. The number of thioether (sulfide) groups is 1. The number of nitrogens with zero attached hydrogens (tertiary/aromatic N) is 2. The fourth-order valence-corrected chi connectivity index (χ4v) is 3.42. The summed E-state index contributed by atoms with van der Waals surface area (Å²) in [4.78, 5) is 16.9. The van der Waals surface area contributed by atoms with E-state index in [2.05, 4.69) is 10.4 Å². The van der Waals surface area contributed by atoms with Gasteiger partial charge in [-0.3, -0.25) is 10.2 Å². The summed E-state index contributed by atoms with van der Waals surface area (Å²) in [5.74, 6) is 0.382. The molecule has 0 saturated heterocycles. The predicted molar refractivity (Wildman–Crippen MR) is 105 cm³/mol. The van der Waals surface area contributed by atoms with Gasteiger partial charge in [-0.25, -0.2) is 14.1 Å². The van der Waals surface area contributed by atoms with E-state index in [1.165, 1.54) is 30.0 Å². The van der Waals surface area contributed by atoms with Gasteiger partial charge in [0.15, 0.2) is 10.9 Å². The Morgan fingerprint density at radius 1 is 1.22 bits per heavy atom. The summed E-state index contributed by atoms with van der Waals surface area (Å²) in [7, 11) is 1.62. The number of halogens is 1. The largest absolute Gasteiger partial charge is 0.497 e. The van der Waals surface area contributed by atoms with E-state index in [0.29, 0.717) is 10.7 Å². The highest BCUT2D eigenvalue weighted by atomic mass is 32.2. The Morgan fingerprint density at radius 3 is 2.63 bits per heavy atom. The smallest absolute Gasteiger partial charge is 0.187 e. The molecule has 0 atom stereocenters. The molecule has 3 rings (SSSR count). The first-order valence-corrected chi connectivity index (χ1v) is 9.35. The molecule has 140 valence electrons. The van der Waals surface area contributed by atoms with E-state index in [1.54, 1.807) is 13.2 Å². The van der Waals surface area contributed by atoms with Gasteiger partial charge in [0.2, 0.25) is 0 Å². The number of aromatic nitrogens is 2. The standard InChI is InChI=1S/C20H20FN3O2S/c1-13-14(2)24(23-17-7-9-18(26-3)10-8-17)20(22-13)27-12-19(25)15-5-4-6-16(21)11-15/h4-11,23H,12H2,1-3H3. The van der Waals surface area contributed by atoms with Crippen LogP contribution in [0.4, 0.5) is 10.1 Å². The van der Waals surface area contributed by atoms with E-state index in [-0.39, 0.29) is 11.5 Å². The van der Waals surface area contributed by atoms with Crippen molar-refractivity contribution in [2.75, 3.05) is 18.3 Å². The third-order valence-corrected chi connectivity index (χ3v) is 5.06. The summed E-state index contributed by atoms with van der Waals surface area (Å²) >= 11 is 1.31. The van der Waals surface area contributed by atoms with Crippen molar-refractivity contribution in [1.82, 2.24) is 9.66 Å². The van der Waals surface area contributed by atoms with Gasteiger partial charge in [0.05, 0.1) is 29.9 Å². The number of ether oxygens (including phenoxy) is 1. The second-order valence-electron chi connectivity index (χ2n) is 5.96. The first kappa shape index (κ1) is 19.0. The van der Waals surface area contributed by atoms with E-state index in [4.69, 9.17) is 4.74 Å². The zero-order chi connectivity index (χ0) is 19.4. The maximum absolute atomic E-state index is 13.3. The number of imidazole rings is 1. The van der Waals surface area contributed by atoms with Crippen molar-refractivity contribution in [1.29, 1.82) is 0 Å². The van der Waals surface area contributed by atoms with Crippen LogP contribution in [0.1, 0.15) is 21.7 Å². The number of nitrogens with one attached hydrogen (secondary N) is 1. The Morgan fingerprint density at radius 2 is 1.96 bits per heavy atom. The zero-order valence-corrected chi connectivity index (χ0v) is 16.1. The van der Waals surface area contributed by atoms with Gasteiger partial charge in [0.25, 0.3) is 0 Å². The zero-order valence-electron chi connectivity index (χ0n) is 15.3. The monoisotopic (exact) mass is 385 g/mol. The van der Waals surface area contributed by atoms with Crippen LogP contribution in [-0.2, 0) is 0 Å². The highest BCUT2D eigenvalue weighted by molar-refractivity contribution is 7.99. The van der Waals surface area contributed by atoms with Crippen molar-refractivity contribution in [3.05, 3.63) is 71.3 Å². The third-order valence-electron chi connectivity index (χ3n) is 4.12. The lowest BCUT2D eigenvalue weighted by Gasteiger charge is -2.13. The lowest BCUT2D eigenvalue weighted by Crippen LogP contribution is -2.13. The maximum Gasteiger partial charge on any atom is 0.187 e. The van der Waals surface area contributed by atoms with Gasteiger partial charge in [-0.1, -0.05) is 23.9 Å². The van der Waals surface area contributed by atoms with Crippen LogP contribution in [0.25, 0.3) is 0 Å². The number of hydrogen-bond acceptors (Lipinski definition) is 5. The molecular weight excluding hydrogens is 365 g/mol. The van der Waals surface area contributed by atoms with E-state index >= 15 is 0 Å². The lowest BCUT2D eigenvalue weighted by atomic mass is 10.1. The molecule has 5 nitrogen and oxygen atoms in total. The number of methoxy groups -OCH3 is 1. The van der Waals surface area contributed by atoms with Gasteiger partial charge >= 0.3 is 0 Å². The van der Waals surface area contributed by atoms with Gasteiger partial charge in [-0.2, -0.15) is 0 Å². The number of carbonyl (C=O) groups is 1. The van der Waals surface area contributed by atoms with Crippen molar-refractivity contribution >= 4 is 23.2 Å². The molecule has 2 aromatic carbocycles. The minimum atomic E-state index is -0.416. The van der Waals surface area contributed by atoms with Crippen LogP contribution in [0.15, 0.2) is 53.7 Å². The Bertz CT molecular complexity index is 954. The molecule has 3 aromatic rings.